The number of rotatable bonds is 9. The smallest absolute Gasteiger partial charge is 0.252 e. The van der Waals surface area contributed by atoms with Crippen molar-refractivity contribution in [3.8, 4) is 16.3 Å². The van der Waals surface area contributed by atoms with Gasteiger partial charge >= 0.3 is 0 Å². The monoisotopic (exact) mass is 490 g/mol. The zero-order valence-corrected chi connectivity index (χ0v) is 21.3. The number of amides is 1. The number of nitrogens with zero attached hydrogens (tertiary/aromatic N) is 1. The molecule has 1 saturated carbocycles. The summed E-state index contributed by atoms with van der Waals surface area (Å²) < 4.78 is 5.95. The van der Waals surface area contributed by atoms with E-state index in [1.807, 2.05) is 44.3 Å². The summed E-state index contributed by atoms with van der Waals surface area (Å²) in [5, 5.41) is 11.0. The van der Waals surface area contributed by atoms with E-state index >= 15 is 0 Å². The van der Waals surface area contributed by atoms with Gasteiger partial charge in [-0.2, -0.15) is 0 Å². The van der Waals surface area contributed by atoms with Crippen molar-refractivity contribution in [1.82, 2.24) is 20.9 Å². The van der Waals surface area contributed by atoms with Crippen molar-refractivity contribution in [2.24, 2.45) is 0 Å². The van der Waals surface area contributed by atoms with Crippen LogP contribution in [0.5, 0.6) is 5.75 Å². The van der Waals surface area contributed by atoms with E-state index in [-0.39, 0.29) is 18.1 Å². The van der Waals surface area contributed by atoms with Gasteiger partial charge in [0.15, 0.2) is 0 Å². The van der Waals surface area contributed by atoms with Crippen LogP contribution >= 0.6 is 11.3 Å². The Bertz CT molecular complexity index is 1170. The summed E-state index contributed by atoms with van der Waals surface area (Å²) >= 11 is 1.74. The minimum absolute atomic E-state index is 0.0906. The molecular formula is C28H34N4O2S. The van der Waals surface area contributed by atoms with Crippen molar-refractivity contribution in [2.75, 3.05) is 13.1 Å². The second kappa shape index (κ2) is 10.9. The van der Waals surface area contributed by atoms with Crippen LogP contribution in [-0.2, 0) is 6.54 Å². The van der Waals surface area contributed by atoms with Gasteiger partial charge in [0.1, 0.15) is 16.9 Å². The minimum Gasteiger partial charge on any atom is -0.488 e. The average Bonchev–Trinajstić information content (AvgIpc) is 3.53. The highest BCUT2D eigenvalue weighted by Gasteiger charge is 2.20. The predicted molar refractivity (Wildman–Crippen MR) is 141 cm³/mol. The van der Waals surface area contributed by atoms with E-state index in [4.69, 9.17) is 4.74 Å². The van der Waals surface area contributed by atoms with Crippen LogP contribution < -0.4 is 20.7 Å². The van der Waals surface area contributed by atoms with Crippen LogP contribution in [0.3, 0.4) is 0 Å². The van der Waals surface area contributed by atoms with Gasteiger partial charge in [-0.05, 0) is 56.0 Å². The standard InChI is InChI=1S/C28H34N4O2S/c1-18-10-11-23(34-24-14-29-15-24)13-26(18)27(33)32-19(2)20-6-5-7-21(12-20)28-31-17-25(35-28)16-30-22-8-3-4-9-22/h5-7,10-13,17,19,22,24,29-30H,3-4,8-9,14-16H2,1-2H3,(H,32,33)/t19-/m1/s1. The van der Waals surface area contributed by atoms with Gasteiger partial charge in [0.25, 0.3) is 5.91 Å². The summed E-state index contributed by atoms with van der Waals surface area (Å²) in [7, 11) is 0. The third-order valence-corrected chi connectivity index (χ3v) is 8.00. The summed E-state index contributed by atoms with van der Waals surface area (Å²) in [6, 6.07) is 14.6. The molecule has 1 aromatic heterocycles. The maximum atomic E-state index is 13.1. The Kier molecular flexibility index (Phi) is 7.46. The molecule has 0 unspecified atom stereocenters. The van der Waals surface area contributed by atoms with Crippen molar-refractivity contribution >= 4 is 17.2 Å². The number of thiazole rings is 1. The van der Waals surface area contributed by atoms with Crippen LogP contribution in [0.15, 0.2) is 48.7 Å². The maximum absolute atomic E-state index is 13.1. The Morgan fingerprint density at radius 1 is 1.20 bits per heavy atom. The first-order valence-corrected chi connectivity index (χ1v) is 13.4. The van der Waals surface area contributed by atoms with Crippen LogP contribution in [0.2, 0.25) is 0 Å². The number of benzene rings is 2. The minimum atomic E-state index is -0.134. The molecule has 184 valence electrons. The summed E-state index contributed by atoms with van der Waals surface area (Å²) in [4.78, 5) is 19.0. The zero-order chi connectivity index (χ0) is 24.2. The molecule has 1 atom stereocenters. The molecule has 0 radical (unpaired) electrons. The molecule has 2 fully saturated rings. The molecule has 7 heteroatoms. The molecule has 0 spiro atoms. The predicted octanol–water partition coefficient (Wildman–Crippen LogP) is 4.99. The van der Waals surface area contributed by atoms with E-state index in [0.29, 0.717) is 11.6 Å². The highest BCUT2D eigenvalue weighted by atomic mass is 32.1. The van der Waals surface area contributed by atoms with Crippen molar-refractivity contribution < 1.29 is 9.53 Å². The van der Waals surface area contributed by atoms with Crippen LogP contribution in [-0.4, -0.2) is 36.1 Å². The Hall–Kier alpha value is -2.74. The van der Waals surface area contributed by atoms with E-state index in [2.05, 4.69) is 39.1 Å². The van der Waals surface area contributed by atoms with Crippen molar-refractivity contribution in [3.63, 3.8) is 0 Å². The SMILES string of the molecule is Cc1ccc(OC2CNC2)cc1C(=O)N[C@H](C)c1cccc(-c2ncc(CNC3CCCC3)s2)c1. The molecule has 2 aliphatic rings. The number of aryl methyl sites for hydroxylation is 1. The number of carbonyl (C=O) groups is 1. The highest BCUT2D eigenvalue weighted by Crippen LogP contribution is 2.28. The van der Waals surface area contributed by atoms with Crippen LogP contribution in [0, 0.1) is 6.92 Å². The van der Waals surface area contributed by atoms with Gasteiger partial charge in [0.05, 0.1) is 6.04 Å². The summed E-state index contributed by atoms with van der Waals surface area (Å²) in [6.07, 6.45) is 7.41. The molecule has 3 N–H and O–H groups in total. The molecule has 35 heavy (non-hydrogen) atoms. The lowest BCUT2D eigenvalue weighted by Crippen LogP contribution is -2.50. The molecule has 1 aliphatic carbocycles. The fraction of sp³-hybridized carbons (Fsp3) is 0.429. The molecule has 1 aliphatic heterocycles. The van der Waals surface area contributed by atoms with Crippen molar-refractivity contribution in [2.45, 2.75) is 64.3 Å². The normalized spacial score (nSPS) is 17.2. The fourth-order valence-corrected chi connectivity index (χ4v) is 5.51. The van der Waals surface area contributed by atoms with Crippen molar-refractivity contribution in [3.05, 3.63) is 70.2 Å². The number of nitrogens with one attached hydrogen (secondary N) is 3. The number of carbonyl (C=O) groups excluding carboxylic acids is 1. The number of ether oxygens (including phenoxy) is 1. The van der Waals surface area contributed by atoms with E-state index < -0.39 is 0 Å². The molecule has 6 nitrogen and oxygen atoms in total. The number of hydrogen-bond acceptors (Lipinski definition) is 6. The lowest BCUT2D eigenvalue weighted by atomic mass is 10.0. The molecule has 1 amide bonds. The van der Waals surface area contributed by atoms with Gasteiger partial charge in [0.2, 0.25) is 0 Å². The van der Waals surface area contributed by atoms with Crippen LogP contribution in [0.4, 0.5) is 0 Å². The Morgan fingerprint density at radius 2 is 2.03 bits per heavy atom. The van der Waals surface area contributed by atoms with Gasteiger partial charge in [0, 0.05) is 47.9 Å². The summed E-state index contributed by atoms with van der Waals surface area (Å²) in [5.74, 6) is 0.649. The molecule has 2 heterocycles. The van der Waals surface area contributed by atoms with Gasteiger partial charge < -0.3 is 20.7 Å². The van der Waals surface area contributed by atoms with Gasteiger partial charge in [-0.25, -0.2) is 4.98 Å². The van der Waals surface area contributed by atoms with Crippen LogP contribution in [0.1, 0.15) is 65.0 Å². The second-order valence-corrected chi connectivity index (χ2v) is 10.8. The van der Waals surface area contributed by atoms with Gasteiger partial charge in [-0.15, -0.1) is 11.3 Å². The summed E-state index contributed by atoms with van der Waals surface area (Å²) in [6.45, 7) is 6.55. The number of aromatic nitrogens is 1. The third kappa shape index (κ3) is 5.92. The second-order valence-electron chi connectivity index (χ2n) is 9.69. The third-order valence-electron chi connectivity index (χ3n) is 6.96. The molecule has 1 saturated heterocycles. The number of hydrogen-bond donors (Lipinski definition) is 3. The van der Waals surface area contributed by atoms with E-state index in [1.165, 1.54) is 30.6 Å². The Labute approximate surface area is 211 Å². The topological polar surface area (TPSA) is 75.3 Å². The van der Waals surface area contributed by atoms with E-state index in [1.54, 1.807) is 11.3 Å². The van der Waals surface area contributed by atoms with E-state index in [0.717, 1.165) is 47.1 Å². The lowest BCUT2D eigenvalue weighted by Gasteiger charge is -2.28. The lowest BCUT2D eigenvalue weighted by molar-refractivity contribution is 0.0937. The van der Waals surface area contributed by atoms with Gasteiger partial charge in [-0.3, -0.25) is 4.79 Å². The quantitative estimate of drug-likeness (QED) is 0.394. The average molecular weight is 491 g/mol. The Morgan fingerprint density at radius 3 is 2.80 bits per heavy atom. The molecule has 0 bridgehead atoms. The maximum Gasteiger partial charge on any atom is 0.252 e. The first-order valence-electron chi connectivity index (χ1n) is 12.6. The van der Waals surface area contributed by atoms with E-state index in [9.17, 15) is 4.79 Å². The molecule has 3 aromatic rings. The van der Waals surface area contributed by atoms with Crippen molar-refractivity contribution in [1.29, 1.82) is 0 Å². The first kappa shape index (κ1) is 24.0. The fourth-order valence-electron chi connectivity index (χ4n) is 4.65. The zero-order valence-electron chi connectivity index (χ0n) is 20.5. The molecular weight excluding hydrogens is 456 g/mol. The Balaban J connectivity index is 1.23. The first-order chi connectivity index (χ1) is 17.0. The largest absolute Gasteiger partial charge is 0.488 e. The van der Waals surface area contributed by atoms with Gasteiger partial charge in [-0.1, -0.05) is 37.1 Å². The molecule has 2 aromatic carbocycles. The highest BCUT2D eigenvalue weighted by molar-refractivity contribution is 7.15. The summed E-state index contributed by atoms with van der Waals surface area (Å²) in [5.41, 5.74) is 3.73. The molecule has 5 rings (SSSR count). The van der Waals surface area contributed by atoms with Crippen LogP contribution in [0.25, 0.3) is 10.6 Å².